The zero-order valence-corrected chi connectivity index (χ0v) is 18.8. The van der Waals surface area contributed by atoms with Gasteiger partial charge in [0.2, 0.25) is 0 Å². The first-order valence-corrected chi connectivity index (χ1v) is 9.95. The number of aromatic nitrogens is 3. The highest BCUT2D eigenvalue weighted by Crippen LogP contribution is 2.35. The summed E-state index contributed by atoms with van der Waals surface area (Å²) in [6.07, 6.45) is 5.56. The van der Waals surface area contributed by atoms with E-state index < -0.39 is 0 Å². The Morgan fingerprint density at radius 3 is 2.50 bits per heavy atom. The molecule has 1 atom stereocenters. The van der Waals surface area contributed by atoms with E-state index >= 15 is 0 Å². The maximum Gasteiger partial charge on any atom is 0.0661 e. The second kappa shape index (κ2) is 9.57. The summed E-state index contributed by atoms with van der Waals surface area (Å²) < 4.78 is 2.24. The van der Waals surface area contributed by atoms with Gasteiger partial charge < -0.3 is 10.2 Å². The molecule has 156 valence electrons. The number of nitrogens with one attached hydrogen (secondary N) is 1. The summed E-state index contributed by atoms with van der Waals surface area (Å²) in [6.45, 7) is 11.9. The molecule has 1 N–H and O–H groups in total. The quantitative estimate of drug-likeness (QED) is 0.812. The van der Waals surface area contributed by atoms with E-state index in [-0.39, 0.29) is 30.2 Å². The average Bonchev–Trinajstić information content (AvgIpc) is 3.22. The molecule has 7 heteroatoms. The second-order valence-electron chi connectivity index (χ2n) is 8.30. The van der Waals surface area contributed by atoms with Gasteiger partial charge in [-0.3, -0.25) is 9.67 Å². The molecular formula is C21H33Cl2N5. The van der Waals surface area contributed by atoms with Crippen molar-refractivity contribution in [2.45, 2.75) is 51.5 Å². The first kappa shape index (κ1) is 23.1. The van der Waals surface area contributed by atoms with Gasteiger partial charge in [0.15, 0.2) is 0 Å². The predicted molar refractivity (Wildman–Crippen MR) is 119 cm³/mol. The van der Waals surface area contributed by atoms with E-state index in [0.29, 0.717) is 6.04 Å². The Kier molecular flexibility index (Phi) is 7.91. The van der Waals surface area contributed by atoms with Gasteiger partial charge >= 0.3 is 0 Å². The number of aryl methyl sites for hydroxylation is 3. The van der Waals surface area contributed by atoms with Crippen LogP contribution in [0.25, 0.3) is 0 Å². The highest BCUT2D eigenvalue weighted by atomic mass is 35.5. The van der Waals surface area contributed by atoms with E-state index in [1.165, 1.54) is 36.2 Å². The van der Waals surface area contributed by atoms with Crippen molar-refractivity contribution in [3.8, 4) is 0 Å². The molecule has 2 aliphatic heterocycles. The van der Waals surface area contributed by atoms with Gasteiger partial charge in [0.05, 0.1) is 11.7 Å². The number of hydrogen-bond donors (Lipinski definition) is 1. The number of nitrogens with zero attached hydrogens (tertiary/aromatic N) is 4. The summed E-state index contributed by atoms with van der Waals surface area (Å²) in [4.78, 5) is 7.49. The molecule has 0 aromatic carbocycles. The molecule has 0 saturated carbocycles. The summed E-state index contributed by atoms with van der Waals surface area (Å²) in [7, 11) is 0. The lowest BCUT2D eigenvalue weighted by atomic mass is 9.75. The van der Waals surface area contributed by atoms with Gasteiger partial charge in [-0.15, -0.1) is 24.8 Å². The third-order valence-electron chi connectivity index (χ3n) is 6.18. The Morgan fingerprint density at radius 1 is 1.14 bits per heavy atom. The van der Waals surface area contributed by atoms with Crippen molar-refractivity contribution in [3.63, 3.8) is 0 Å². The minimum absolute atomic E-state index is 0. The fourth-order valence-electron chi connectivity index (χ4n) is 4.78. The van der Waals surface area contributed by atoms with Gasteiger partial charge in [0, 0.05) is 42.6 Å². The highest BCUT2D eigenvalue weighted by Gasteiger charge is 2.39. The minimum Gasteiger partial charge on any atom is -0.317 e. The maximum absolute atomic E-state index is 4.84. The Balaban J connectivity index is 0.00000140. The van der Waals surface area contributed by atoms with Crippen LogP contribution in [0.4, 0.5) is 0 Å². The lowest BCUT2D eigenvalue weighted by Gasteiger charge is -2.40. The SMILES string of the molecule is Cc1ccc(C2(CN3CCC(n4nc(C)cc4C)C3)CCNCC2)nc1.Cl.Cl. The van der Waals surface area contributed by atoms with Crippen molar-refractivity contribution in [2.24, 2.45) is 0 Å². The Labute approximate surface area is 181 Å². The Bertz CT molecular complexity index is 753. The zero-order valence-electron chi connectivity index (χ0n) is 17.1. The highest BCUT2D eigenvalue weighted by molar-refractivity contribution is 5.85. The van der Waals surface area contributed by atoms with Gasteiger partial charge in [-0.25, -0.2) is 0 Å². The van der Waals surface area contributed by atoms with E-state index in [4.69, 9.17) is 10.1 Å². The van der Waals surface area contributed by atoms with Crippen LogP contribution in [0.3, 0.4) is 0 Å². The standard InChI is InChI=1S/C21H31N5.2ClH/c1-16-4-5-20(23-13-16)21(7-9-22-10-8-21)15-25-11-6-19(14-25)26-18(3)12-17(2)24-26;;/h4-5,12-13,19,22H,6-11,14-15H2,1-3H3;2*1H. The van der Waals surface area contributed by atoms with E-state index in [1.807, 2.05) is 6.20 Å². The van der Waals surface area contributed by atoms with Crippen LogP contribution in [0.5, 0.6) is 0 Å². The molecule has 2 fully saturated rings. The van der Waals surface area contributed by atoms with E-state index in [2.05, 4.69) is 53.9 Å². The second-order valence-corrected chi connectivity index (χ2v) is 8.30. The normalized spacial score (nSPS) is 21.8. The van der Waals surface area contributed by atoms with E-state index in [1.54, 1.807) is 0 Å². The van der Waals surface area contributed by atoms with Crippen molar-refractivity contribution in [1.82, 2.24) is 25.0 Å². The minimum atomic E-state index is 0. The smallest absolute Gasteiger partial charge is 0.0661 e. The third-order valence-corrected chi connectivity index (χ3v) is 6.18. The maximum atomic E-state index is 4.84. The average molecular weight is 426 g/mol. The van der Waals surface area contributed by atoms with E-state index in [0.717, 1.165) is 38.4 Å². The molecule has 0 spiro atoms. The molecule has 1 unspecified atom stereocenters. The van der Waals surface area contributed by atoms with Crippen molar-refractivity contribution < 1.29 is 0 Å². The van der Waals surface area contributed by atoms with Gasteiger partial charge in [-0.1, -0.05) is 6.07 Å². The van der Waals surface area contributed by atoms with Gasteiger partial charge in [-0.2, -0.15) is 5.10 Å². The van der Waals surface area contributed by atoms with Crippen LogP contribution in [0.15, 0.2) is 24.4 Å². The molecule has 2 saturated heterocycles. The molecule has 0 radical (unpaired) electrons. The molecule has 4 heterocycles. The van der Waals surface area contributed by atoms with Gasteiger partial charge in [0.1, 0.15) is 0 Å². The summed E-state index contributed by atoms with van der Waals surface area (Å²) in [5, 5.41) is 8.26. The first-order chi connectivity index (χ1) is 12.6. The fraction of sp³-hybridized carbons (Fsp3) is 0.619. The van der Waals surface area contributed by atoms with Crippen molar-refractivity contribution in [1.29, 1.82) is 0 Å². The Morgan fingerprint density at radius 2 is 1.89 bits per heavy atom. The van der Waals surface area contributed by atoms with E-state index in [9.17, 15) is 0 Å². The number of halogens is 2. The van der Waals surface area contributed by atoms with Crippen LogP contribution in [0.2, 0.25) is 0 Å². The van der Waals surface area contributed by atoms with Crippen LogP contribution in [-0.4, -0.2) is 52.4 Å². The molecule has 0 aliphatic carbocycles. The Hall–Kier alpha value is -1.14. The summed E-state index contributed by atoms with van der Waals surface area (Å²) in [5.74, 6) is 0. The van der Waals surface area contributed by atoms with Crippen LogP contribution in [0, 0.1) is 20.8 Å². The van der Waals surface area contributed by atoms with Crippen LogP contribution in [-0.2, 0) is 5.41 Å². The topological polar surface area (TPSA) is 46.0 Å². The molecule has 2 aliphatic rings. The van der Waals surface area contributed by atoms with Crippen LogP contribution >= 0.6 is 24.8 Å². The predicted octanol–water partition coefficient (Wildman–Crippen LogP) is 3.62. The molecule has 2 aromatic heterocycles. The number of rotatable bonds is 4. The molecule has 28 heavy (non-hydrogen) atoms. The van der Waals surface area contributed by atoms with Crippen molar-refractivity contribution in [3.05, 3.63) is 47.0 Å². The summed E-state index contributed by atoms with van der Waals surface area (Å²) in [6, 6.07) is 7.17. The number of pyridine rings is 1. The largest absolute Gasteiger partial charge is 0.317 e. The summed E-state index contributed by atoms with van der Waals surface area (Å²) in [5.41, 5.74) is 5.11. The fourth-order valence-corrected chi connectivity index (χ4v) is 4.78. The van der Waals surface area contributed by atoms with Crippen molar-refractivity contribution >= 4 is 24.8 Å². The lowest BCUT2D eigenvalue weighted by Crippen LogP contribution is -2.47. The molecule has 4 rings (SSSR count). The van der Waals surface area contributed by atoms with Crippen LogP contribution < -0.4 is 5.32 Å². The number of likely N-dealkylation sites (tertiary alicyclic amines) is 1. The molecule has 0 bridgehead atoms. The van der Waals surface area contributed by atoms with Gasteiger partial charge in [-0.05, 0) is 70.8 Å². The monoisotopic (exact) mass is 425 g/mol. The molecule has 0 amide bonds. The van der Waals surface area contributed by atoms with Gasteiger partial charge in [0.25, 0.3) is 0 Å². The summed E-state index contributed by atoms with van der Waals surface area (Å²) >= 11 is 0. The number of hydrogen-bond acceptors (Lipinski definition) is 4. The van der Waals surface area contributed by atoms with Crippen LogP contribution in [0.1, 0.15) is 47.9 Å². The molecular weight excluding hydrogens is 393 g/mol. The number of piperidine rings is 1. The zero-order chi connectivity index (χ0) is 18.1. The van der Waals surface area contributed by atoms with Crippen molar-refractivity contribution in [2.75, 3.05) is 32.7 Å². The first-order valence-electron chi connectivity index (χ1n) is 9.95. The lowest BCUT2D eigenvalue weighted by molar-refractivity contribution is 0.191. The molecule has 2 aromatic rings. The third kappa shape index (κ3) is 4.70. The molecule has 5 nitrogen and oxygen atoms in total.